The van der Waals surface area contributed by atoms with Crippen molar-refractivity contribution in [1.29, 1.82) is 0 Å². The van der Waals surface area contributed by atoms with Crippen LogP contribution in [0.2, 0.25) is 0 Å². The summed E-state index contributed by atoms with van der Waals surface area (Å²) in [7, 11) is 0. The Morgan fingerprint density at radius 1 is 0.920 bits per heavy atom. The van der Waals surface area contributed by atoms with Gasteiger partial charge in [0.05, 0.1) is 13.2 Å². The van der Waals surface area contributed by atoms with Crippen molar-refractivity contribution >= 4 is 16.7 Å². The molecular formula is C22H21NO2. The molecule has 0 saturated heterocycles. The molecule has 0 spiro atoms. The van der Waals surface area contributed by atoms with Crippen LogP contribution in [0.4, 0.5) is 0 Å². The van der Waals surface area contributed by atoms with Crippen LogP contribution >= 0.6 is 0 Å². The normalized spacial score (nSPS) is 12.5. The lowest BCUT2D eigenvalue weighted by Crippen LogP contribution is -2.27. The molecule has 0 aromatic heterocycles. The Morgan fingerprint density at radius 3 is 2.56 bits per heavy atom. The van der Waals surface area contributed by atoms with Crippen molar-refractivity contribution in [3.63, 3.8) is 0 Å². The fraction of sp³-hybridized carbons (Fsp3) is 0.227. The van der Waals surface area contributed by atoms with Gasteiger partial charge < -0.3 is 10.1 Å². The maximum absolute atomic E-state index is 12.6. The van der Waals surface area contributed by atoms with Gasteiger partial charge in [-0.3, -0.25) is 4.79 Å². The number of ether oxygens (including phenoxy) is 1. The predicted octanol–water partition coefficient (Wildman–Crippen LogP) is 3.89. The number of carbonyl (C=O) groups is 1. The van der Waals surface area contributed by atoms with Gasteiger partial charge in [-0.05, 0) is 46.4 Å². The van der Waals surface area contributed by atoms with Crippen LogP contribution in [0.3, 0.4) is 0 Å². The second-order valence-electron chi connectivity index (χ2n) is 6.41. The summed E-state index contributed by atoms with van der Waals surface area (Å²) >= 11 is 0. The van der Waals surface area contributed by atoms with Gasteiger partial charge in [-0.1, -0.05) is 54.6 Å². The van der Waals surface area contributed by atoms with E-state index in [0.29, 0.717) is 19.8 Å². The molecule has 126 valence electrons. The third-order valence-electron chi connectivity index (χ3n) is 4.77. The fourth-order valence-electron chi connectivity index (χ4n) is 3.54. The quantitative estimate of drug-likeness (QED) is 0.696. The highest BCUT2D eigenvalue weighted by atomic mass is 16.5. The van der Waals surface area contributed by atoms with Crippen molar-refractivity contribution in [2.45, 2.75) is 19.4 Å². The summed E-state index contributed by atoms with van der Waals surface area (Å²) in [6.07, 6.45) is 2.15. The third-order valence-corrected chi connectivity index (χ3v) is 4.77. The Balaban J connectivity index is 1.37. The number of nitrogens with one attached hydrogen (secondary N) is 1. The average molecular weight is 331 g/mol. The van der Waals surface area contributed by atoms with Crippen molar-refractivity contribution in [2.24, 2.45) is 0 Å². The standard InChI is InChI=1S/C22H21NO2/c24-22(23-13-14-25-15-16-5-2-1-3-6-16)20-12-11-18-10-9-17-7-4-8-19(20)21(17)18/h1-8,11-12H,9-10,13-15H2,(H,23,24). The number of benzene rings is 3. The van der Waals surface area contributed by atoms with Crippen LogP contribution in [0, 0.1) is 0 Å². The summed E-state index contributed by atoms with van der Waals surface area (Å²) in [6, 6.07) is 20.4. The van der Waals surface area contributed by atoms with Crippen LogP contribution in [-0.4, -0.2) is 19.1 Å². The molecular weight excluding hydrogens is 310 g/mol. The summed E-state index contributed by atoms with van der Waals surface area (Å²) in [5.41, 5.74) is 4.61. The van der Waals surface area contributed by atoms with Gasteiger partial charge in [0.2, 0.25) is 0 Å². The molecule has 0 radical (unpaired) electrons. The SMILES string of the molecule is O=C(NCCOCc1ccccc1)c1ccc2c3c(cccc13)CC2. The highest BCUT2D eigenvalue weighted by Gasteiger charge is 2.18. The molecule has 1 aliphatic carbocycles. The third kappa shape index (κ3) is 3.28. The molecule has 1 N–H and O–H groups in total. The molecule has 1 amide bonds. The first-order valence-corrected chi connectivity index (χ1v) is 8.76. The van der Waals surface area contributed by atoms with E-state index in [4.69, 9.17) is 4.74 Å². The van der Waals surface area contributed by atoms with Crippen LogP contribution in [0.1, 0.15) is 27.0 Å². The van der Waals surface area contributed by atoms with Gasteiger partial charge in [0.25, 0.3) is 5.91 Å². The van der Waals surface area contributed by atoms with Gasteiger partial charge >= 0.3 is 0 Å². The molecule has 0 saturated carbocycles. The number of hydrogen-bond donors (Lipinski definition) is 1. The molecule has 3 nitrogen and oxygen atoms in total. The Morgan fingerprint density at radius 2 is 1.72 bits per heavy atom. The molecule has 0 heterocycles. The second-order valence-corrected chi connectivity index (χ2v) is 6.41. The topological polar surface area (TPSA) is 38.3 Å². The van der Waals surface area contributed by atoms with Crippen molar-refractivity contribution in [3.05, 3.63) is 82.9 Å². The van der Waals surface area contributed by atoms with E-state index in [1.807, 2.05) is 42.5 Å². The minimum atomic E-state index is -0.0288. The van der Waals surface area contributed by atoms with E-state index in [0.717, 1.165) is 29.4 Å². The minimum absolute atomic E-state index is 0.0288. The van der Waals surface area contributed by atoms with Gasteiger partial charge in [-0.2, -0.15) is 0 Å². The van der Waals surface area contributed by atoms with E-state index < -0.39 is 0 Å². The number of rotatable bonds is 6. The lowest BCUT2D eigenvalue weighted by molar-refractivity contribution is 0.0902. The monoisotopic (exact) mass is 331 g/mol. The first kappa shape index (κ1) is 15.9. The summed E-state index contributed by atoms with van der Waals surface area (Å²) in [4.78, 5) is 12.6. The van der Waals surface area contributed by atoms with Gasteiger partial charge in [0.15, 0.2) is 0 Å². The van der Waals surface area contributed by atoms with Crippen molar-refractivity contribution in [1.82, 2.24) is 5.32 Å². The van der Waals surface area contributed by atoms with Crippen LogP contribution in [0.25, 0.3) is 10.8 Å². The number of amides is 1. The zero-order valence-electron chi connectivity index (χ0n) is 14.1. The largest absolute Gasteiger partial charge is 0.375 e. The molecule has 3 heteroatoms. The Bertz CT molecular complexity index is 892. The van der Waals surface area contributed by atoms with E-state index in [9.17, 15) is 4.79 Å². The van der Waals surface area contributed by atoms with Gasteiger partial charge in [0.1, 0.15) is 0 Å². The second kappa shape index (κ2) is 7.08. The molecule has 0 atom stereocenters. The summed E-state index contributed by atoms with van der Waals surface area (Å²) in [6.45, 7) is 1.58. The summed E-state index contributed by atoms with van der Waals surface area (Å²) < 4.78 is 5.63. The number of hydrogen-bond acceptors (Lipinski definition) is 2. The molecule has 0 fully saturated rings. The van der Waals surface area contributed by atoms with Crippen molar-refractivity contribution in [2.75, 3.05) is 13.2 Å². The average Bonchev–Trinajstić information content (AvgIpc) is 3.08. The molecule has 0 bridgehead atoms. The Kier molecular flexibility index (Phi) is 4.49. The first-order chi connectivity index (χ1) is 12.3. The first-order valence-electron chi connectivity index (χ1n) is 8.76. The lowest BCUT2D eigenvalue weighted by Gasteiger charge is -2.10. The maximum atomic E-state index is 12.6. The lowest BCUT2D eigenvalue weighted by atomic mass is 9.99. The highest BCUT2D eigenvalue weighted by molar-refractivity contribution is 6.09. The molecule has 25 heavy (non-hydrogen) atoms. The maximum Gasteiger partial charge on any atom is 0.251 e. The van der Waals surface area contributed by atoms with E-state index in [1.165, 1.54) is 16.5 Å². The van der Waals surface area contributed by atoms with Crippen LogP contribution in [0.5, 0.6) is 0 Å². The molecule has 3 aromatic carbocycles. The van der Waals surface area contributed by atoms with Crippen molar-refractivity contribution < 1.29 is 9.53 Å². The predicted molar refractivity (Wildman–Crippen MR) is 99.8 cm³/mol. The van der Waals surface area contributed by atoms with Gasteiger partial charge in [-0.25, -0.2) is 0 Å². The molecule has 0 aliphatic heterocycles. The van der Waals surface area contributed by atoms with Crippen LogP contribution in [-0.2, 0) is 24.2 Å². The Hall–Kier alpha value is -2.65. The van der Waals surface area contributed by atoms with Gasteiger partial charge in [0, 0.05) is 12.1 Å². The highest BCUT2D eigenvalue weighted by Crippen LogP contribution is 2.32. The molecule has 0 unspecified atom stereocenters. The van der Waals surface area contributed by atoms with Crippen LogP contribution < -0.4 is 5.32 Å². The molecule has 4 rings (SSSR count). The number of carbonyl (C=O) groups excluding carboxylic acids is 1. The fourth-order valence-corrected chi connectivity index (χ4v) is 3.54. The molecule has 1 aliphatic rings. The zero-order chi connectivity index (χ0) is 17.1. The van der Waals surface area contributed by atoms with E-state index >= 15 is 0 Å². The van der Waals surface area contributed by atoms with E-state index in [-0.39, 0.29) is 5.91 Å². The van der Waals surface area contributed by atoms with Crippen molar-refractivity contribution in [3.8, 4) is 0 Å². The summed E-state index contributed by atoms with van der Waals surface area (Å²) in [5.74, 6) is -0.0288. The molecule has 3 aromatic rings. The number of aryl methyl sites for hydroxylation is 2. The zero-order valence-corrected chi connectivity index (χ0v) is 14.1. The van der Waals surface area contributed by atoms with E-state index in [2.05, 4.69) is 23.5 Å². The Labute approximate surface area is 147 Å². The van der Waals surface area contributed by atoms with Gasteiger partial charge in [-0.15, -0.1) is 0 Å². The van der Waals surface area contributed by atoms with E-state index in [1.54, 1.807) is 0 Å². The minimum Gasteiger partial charge on any atom is -0.375 e. The summed E-state index contributed by atoms with van der Waals surface area (Å²) in [5, 5.41) is 5.31. The smallest absolute Gasteiger partial charge is 0.251 e. The van der Waals surface area contributed by atoms with Crippen LogP contribution in [0.15, 0.2) is 60.7 Å².